The van der Waals surface area contributed by atoms with E-state index in [-0.39, 0.29) is 18.3 Å². The molecule has 126 valence electrons. The van der Waals surface area contributed by atoms with Crippen LogP contribution >= 0.6 is 12.4 Å². The molecule has 0 bridgehead atoms. The SMILES string of the molecule is CCCC(C=O)NC(=O)c1ccccc1/C=C/c1ccccn1.Cl. The Morgan fingerprint density at radius 1 is 1.17 bits per heavy atom. The quantitative estimate of drug-likeness (QED) is 0.778. The van der Waals surface area contributed by atoms with Gasteiger partial charge in [0.25, 0.3) is 5.91 Å². The molecule has 2 aromatic rings. The molecule has 1 heterocycles. The van der Waals surface area contributed by atoms with Gasteiger partial charge in [0.1, 0.15) is 6.29 Å². The minimum Gasteiger partial charge on any atom is -0.343 e. The van der Waals surface area contributed by atoms with Crippen molar-refractivity contribution in [3.8, 4) is 0 Å². The summed E-state index contributed by atoms with van der Waals surface area (Å²) < 4.78 is 0. The fourth-order valence-electron chi connectivity index (χ4n) is 2.23. The van der Waals surface area contributed by atoms with Gasteiger partial charge in [-0.15, -0.1) is 12.4 Å². The van der Waals surface area contributed by atoms with Crippen LogP contribution in [0.5, 0.6) is 0 Å². The topological polar surface area (TPSA) is 59.1 Å². The predicted octanol–water partition coefficient (Wildman–Crippen LogP) is 3.77. The molecule has 2 rings (SSSR count). The third-order valence-corrected chi connectivity index (χ3v) is 3.41. The number of hydrogen-bond acceptors (Lipinski definition) is 3. The zero-order valence-electron chi connectivity index (χ0n) is 13.5. The van der Waals surface area contributed by atoms with E-state index >= 15 is 0 Å². The Bertz CT molecular complexity index is 687. The van der Waals surface area contributed by atoms with Crippen LogP contribution in [0.25, 0.3) is 12.2 Å². The van der Waals surface area contributed by atoms with E-state index in [1.807, 2.05) is 55.5 Å². The molecule has 0 saturated heterocycles. The minimum absolute atomic E-state index is 0. The van der Waals surface area contributed by atoms with Crippen LogP contribution in [0.4, 0.5) is 0 Å². The van der Waals surface area contributed by atoms with Crippen LogP contribution in [0, 0.1) is 0 Å². The van der Waals surface area contributed by atoms with Crippen molar-refractivity contribution in [3.05, 3.63) is 65.5 Å². The van der Waals surface area contributed by atoms with Gasteiger partial charge >= 0.3 is 0 Å². The van der Waals surface area contributed by atoms with Crippen molar-refractivity contribution in [1.82, 2.24) is 10.3 Å². The van der Waals surface area contributed by atoms with Crippen LogP contribution in [-0.4, -0.2) is 23.2 Å². The fraction of sp³-hybridized carbons (Fsp3) is 0.211. The van der Waals surface area contributed by atoms with Crippen molar-refractivity contribution in [1.29, 1.82) is 0 Å². The summed E-state index contributed by atoms with van der Waals surface area (Å²) in [6.07, 6.45) is 7.69. The zero-order chi connectivity index (χ0) is 16.5. The number of hydrogen-bond donors (Lipinski definition) is 1. The molecular weight excluding hydrogens is 324 g/mol. The van der Waals surface area contributed by atoms with Crippen molar-refractivity contribution in [2.24, 2.45) is 0 Å². The molecule has 0 spiro atoms. The second kappa shape index (κ2) is 10.3. The third-order valence-electron chi connectivity index (χ3n) is 3.41. The predicted molar refractivity (Wildman–Crippen MR) is 99.1 cm³/mol. The summed E-state index contributed by atoms with van der Waals surface area (Å²) in [4.78, 5) is 27.6. The number of aromatic nitrogens is 1. The number of halogens is 1. The highest BCUT2D eigenvalue weighted by Crippen LogP contribution is 2.13. The van der Waals surface area contributed by atoms with E-state index in [1.165, 1.54) is 0 Å². The Kier molecular flexibility index (Phi) is 8.44. The van der Waals surface area contributed by atoms with Crippen LogP contribution in [-0.2, 0) is 4.79 Å². The van der Waals surface area contributed by atoms with Gasteiger partial charge in [-0.1, -0.05) is 43.7 Å². The van der Waals surface area contributed by atoms with E-state index < -0.39 is 6.04 Å². The molecule has 0 radical (unpaired) electrons. The first-order valence-electron chi connectivity index (χ1n) is 7.69. The van der Waals surface area contributed by atoms with Crippen LogP contribution in [0.2, 0.25) is 0 Å². The van der Waals surface area contributed by atoms with Crippen LogP contribution < -0.4 is 5.32 Å². The molecule has 1 amide bonds. The smallest absolute Gasteiger partial charge is 0.252 e. The second-order valence-corrected chi connectivity index (χ2v) is 5.18. The first kappa shape index (κ1) is 19.6. The second-order valence-electron chi connectivity index (χ2n) is 5.18. The van der Waals surface area contributed by atoms with Gasteiger partial charge in [0, 0.05) is 11.8 Å². The largest absolute Gasteiger partial charge is 0.343 e. The fourth-order valence-corrected chi connectivity index (χ4v) is 2.23. The molecule has 1 unspecified atom stereocenters. The molecule has 1 aromatic heterocycles. The van der Waals surface area contributed by atoms with Crippen molar-refractivity contribution in [2.45, 2.75) is 25.8 Å². The van der Waals surface area contributed by atoms with E-state index in [1.54, 1.807) is 12.3 Å². The van der Waals surface area contributed by atoms with Crippen molar-refractivity contribution in [3.63, 3.8) is 0 Å². The van der Waals surface area contributed by atoms with E-state index in [0.29, 0.717) is 12.0 Å². The van der Waals surface area contributed by atoms with Crippen LogP contribution in [0.3, 0.4) is 0 Å². The molecule has 0 saturated carbocycles. The van der Waals surface area contributed by atoms with Gasteiger partial charge in [-0.2, -0.15) is 0 Å². The van der Waals surface area contributed by atoms with Gasteiger partial charge in [0.2, 0.25) is 0 Å². The summed E-state index contributed by atoms with van der Waals surface area (Å²) in [5, 5.41) is 2.77. The number of carbonyl (C=O) groups is 2. The van der Waals surface area contributed by atoms with Crippen molar-refractivity contribution < 1.29 is 9.59 Å². The summed E-state index contributed by atoms with van der Waals surface area (Å²) in [6, 6.07) is 12.5. The molecule has 5 heteroatoms. The van der Waals surface area contributed by atoms with Gasteiger partial charge in [0.05, 0.1) is 11.7 Å². The summed E-state index contributed by atoms with van der Waals surface area (Å²) in [5.74, 6) is -0.239. The first-order chi connectivity index (χ1) is 11.2. The lowest BCUT2D eigenvalue weighted by atomic mass is 10.0. The maximum atomic E-state index is 12.4. The zero-order valence-corrected chi connectivity index (χ0v) is 14.3. The summed E-state index contributed by atoms with van der Waals surface area (Å²) >= 11 is 0. The summed E-state index contributed by atoms with van der Waals surface area (Å²) in [6.45, 7) is 1.98. The van der Waals surface area contributed by atoms with Gasteiger partial charge in [-0.25, -0.2) is 0 Å². The third kappa shape index (κ3) is 5.63. The number of pyridine rings is 1. The standard InChI is InChI=1S/C19H20N2O2.ClH/c1-2-7-17(14-22)21-19(23)18-10-4-3-8-15(18)11-12-16-9-5-6-13-20-16;/h3-6,8-14,17H,2,7H2,1H3,(H,21,23);1H/b12-11+;. The van der Waals surface area contributed by atoms with Crippen molar-refractivity contribution in [2.75, 3.05) is 0 Å². The summed E-state index contributed by atoms with van der Waals surface area (Å²) in [7, 11) is 0. The number of nitrogens with zero attached hydrogens (tertiary/aromatic N) is 1. The normalized spacial score (nSPS) is 11.5. The van der Waals surface area contributed by atoms with E-state index in [0.717, 1.165) is 24.0 Å². The van der Waals surface area contributed by atoms with Crippen molar-refractivity contribution >= 4 is 36.8 Å². The number of rotatable bonds is 7. The van der Waals surface area contributed by atoms with Crippen LogP contribution in [0.15, 0.2) is 48.7 Å². The Balaban J connectivity index is 0.00000288. The maximum absolute atomic E-state index is 12.4. The molecule has 0 aliphatic carbocycles. The Labute approximate surface area is 148 Å². The van der Waals surface area contributed by atoms with E-state index in [4.69, 9.17) is 0 Å². The lowest BCUT2D eigenvalue weighted by molar-refractivity contribution is -0.109. The van der Waals surface area contributed by atoms with E-state index in [2.05, 4.69) is 10.3 Å². The molecule has 0 fully saturated rings. The number of benzene rings is 1. The van der Waals surface area contributed by atoms with Gasteiger partial charge in [0.15, 0.2) is 0 Å². The Morgan fingerprint density at radius 2 is 1.92 bits per heavy atom. The number of amides is 1. The monoisotopic (exact) mass is 344 g/mol. The summed E-state index contributed by atoms with van der Waals surface area (Å²) in [5.41, 5.74) is 2.15. The number of aldehydes is 1. The average molecular weight is 345 g/mol. The minimum atomic E-state index is -0.444. The Hall–Kier alpha value is -2.46. The van der Waals surface area contributed by atoms with Crippen LogP contribution in [0.1, 0.15) is 41.4 Å². The lowest BCUT2D eigenvalue weighted by Gasteiger charge is -2.13. The highest BCUT2D eigenvalue weighted by molar-refractivity contribution is 5.99. The molecule has 0 aliphatic heterocycles. The molecule has 1 atom stereocenters. The van der Waals surface area contributed by atoms with Gasteiger partial charge in [-0.3, -0.25) is 9.78 Å². The number of carbonyl (C=O) groups excluding carboxylic acids is 2. The lowest BCUT2D eigenvalue weighted by Crippen LogP contribution is -2.36. The maximum Gasteiger partial charge on any atom is 0.252 e. The first-order valence-corrected chi connectivity index (χ1v) is 7.69. The Morgan fingerprint density at radius 3 is 2.58 bits per heavy atom. The molecule has 1 N–H and O–H groups in total. The molecule has 4 nitrogen and oxygen atoms in total. The molecular formula is C19H21ClN2O2. The van der Waals surface area contributed by atoms with Gasteiger partial charge in [-0.05, 0) is 36.3 Å². The molecule has 0 aliphatic rings. The number of nitrogens with one attached hydrogen (secondary N) is 1. The molecule has 1 aromatic carbocycles. The van der Waals surface area contributed by atoms with E-state index in [9.17, 15) is 9.59 Å². The molecule has 24 heavy (non-hydrogen) atoms. The highest BCUT2D eigenvalue weighted by Gasteiger charge is 2.14. The van der Waals surface area contributed by atoms with Gasteiger partial charge < -0.3 is 10.1 Å². The average Bonchev–Trinajstić information content (AvgIpc) is 2.60. The highest BCUT2D eigenvalue weighted by atomic mass is 35.5.